The predicted molar refractivity (Wildman–Crippen MR) is 119 cm³/mol. The second-order valence-corrected chi connectivity index (χ2v) is 8.26. The van der Waals surface area contributed by atoms with Crippen LogP contribution in [-0.2, 0) is 5.41 Å². The Labute approximate surface area is 175 Å². The molecule has 0 radical (unpaired) electrons. The number of rotatable bonds is 4. The molecule has 0 unspecified atom stereocenters. The molecule has 3 rings (SSSR count). The maximum atomic E-state index is 12.6. The first kappa shape index (κ1) is 20.6. The van der Waals surface area contributed by atoms with E-state index in [0.29, 0.717) is 27.5 Å². The molecule has 0 saturated heterocycles. The van der Waals surface area contributed by atoms with Gasteiger partial charge >= 0.3 is 0 Å². The van der Waals surface area contributed by atoms with Crippen LogP contribution >= 0.6 is 11.6 Å². The van der Waals surface area contributed by atoms with Gasteiger partial charge in [-0.25, -0.2) is 0 Å². The highest BCUT2D eigenvalue weighted by Crippen LogP contribution is 2.23. The van der Waals surface area contributed by atoms with Gasteiger partial charge in [-0.1, -0.05) is 56.6 Å². The fourth-order valence-electron chi connectivity index (χ4n) is 2.83. The molecule has 0 saturated carbocycles. The number of carbonyl (C=O) groups excluding carboxylic acids is 2. The van der Waals surface area contributed by atoms with Gasteiger partial charge < -0.3 is 10.6 Å². The Bertz CT molecular complexity index is 1040. The molecule has 0 spiro atoms. The van der Waals surface area contributed by atoms with E-state index in [0.717, 1.165) is 5.56 Å². The number of halogens is 1. The van der Waals surface area contributed by atoms with Gasteiger partial charge in [-0.05, 0) is 59.5 Å². The summed E-state index contributed by atoms with van der Waals surface area (Å²) in [6, 6.07) is 21.3. The second-order valence-electron chi connectivity index (χ2n) is 7.83. The minimum absolute atomic E-state index is 0.0275. The molecular weight excluding hydrogens is 384 g/mol. The molecule has 0 atom stereocenters. The van der Waals surface area contributed by atoms with Crippen molar-refractivity contribution in [2.24, 2.45) is 0 Å². The van der Waals surface area contributed by atoms with Crippen molar-refractivity contribution in [3.63, 3.8) is 0 Å². The van der Waals surface area contributed by atoms with Crippen LogP contribution in [0, 0.1) is 0 Å². The van der Waals surface area contributed by atoms with E-state index in [1.807, 2.05) is 24.3 Å². The highest BCUT2D eigenvalue weighted by Gasteiger charge is 2.15. The van der Waals surface area contributed by atoms with Crippen molar-refractivity contribution in [1.82, 2.24) is 0 Å². The van der Waals surface area contributed by atoms with E-state index in [1.54, 1.807) is 48.5 Å². The highest BCUT2D eigenvalue weighted by molar-refractivity contribution is 6.31. The molecule has 0 fully saturated rings. The van der Waals surface area contributed by atoms with Crippen molar-refractivity contribution in [1.29, 1.82) is 0 Å². The van der Waals surface area contributed by atoms with Gasteiger partial charge in [-0.15, -0.1) is 0 Å². The SMILES string of the molecule is CC(C)(C)c1ccc(C(=O)Nc2cccc(C(=O)Nc3cccc(Cl)c3)c2)cc1. The van der Waals surface area contributed by atoms with Gasteiger partial charge in [0.25, 0.3) is 11.8 Å². The molecular formula is C24H23ClN2O2. The lowest BCUT2D eigenvalue weighted by Gasteiger charge is -2.19. The van der Waals surface area contributed by atoms with Crippen LogP contribution in [-0.4, -0.2) is 11.8 Å². The summed E-state index contributed by atoms with van der Waals surface area (Å²) in [4.78, 5) is 25.1. The fourth-order valence-corrected chi connectivity index (χ4v) is 3.02. The standard InChI is InChI=1S/C24H23ClN2O2/c1-24(2,3)18-12-10-16(11-13-18)22(28)26-20-8-4-6-17(14-20)23(29)27-21-9-5-7-19(25)15-21/h4-15H,1-3H3,(H,26,28)(H,27,29). The molecule has 0 aliphatic carbocycles. The number of hydrogen-bond acceptors (Lipinski definition) is 2. The molecule has 148 valence electrons. The predicted octanol–water partition coefficient (Wildman–Crippen LogP) is 6.14. The zero-order chi connectivity index (χ0) is 21.0. The molecule has 0 aromatic heterocycles. The van der Waals surface area contributed by atoms with Crippen LogP contribution < -0.4 is 10.6 Å². The number of nitrogens with one attached hydrogen (secondary N) is 2. The number of anilines is 2. The summed E-state index contributed by atoms with van der Waals surface area (Å²) in [6.07, 6.45) is 0. The van der Waals surface area contributed by atoms with Gasteiger partial charge in [-0.2, -0.15) is 0 Å². The van der Waals surface area contributed by atoms with Gasteiger partial charge in [0.2, 0.25) is 0 Å². The summed E-state index contributed by atoms with van der Waals surface area (Å²) >= 11 is 5.95. The van der Waals surface area contributed by atoms with E-state index in [-0.39, 0.29) is 17.2 Å². The molecule has 5 heteroatoms. The topological polar surface area (TPSA) is 58.2 Å². The molecule has 2 amide bonds. The van der Waals surface area contributed by atoms with Crippen molar-refractivity contribution in [2.45, 2.75) is 26.2 Å². The first-order chi connectivity index (χ1) is 13.7. The minimum Gasteiger partial charge on any atom is -0.322 e. The largest absolute Gasteiger partial charge is 0.322 e. The number of hydrogen-bond donors (Lipinski definition) is 2. The molecule has 2 N–H and O–H groups in total. The summed E-state index contributed by atoms with van der Waals surface area (Å²) in [5, 5.41) is 6.18. The van der Waals surface area contributed by atoms with Crippen LogP contribution in [0.2, 0.25) is 5.02 Å². The van der Waals surface area contributed by atoms with Gasteiger partial charge in [0.05, 0.1) is 0 Å². The Balaban J connectivity index is 1.70. The van der Waals surface area contributed by atoms with E-state index in [1.165, 1.54) is 0 Å². The van der Waals surface area contributed by atoms with Crippen molar-refractivity contribution in [2.75, 3.05) is 10.6 Å². The number of carbonyl (C=O) groups is 2. The average molecular weight is 407 g/mol. The molecule has 0 aliphatic rings. The van der Waals surface area contributed by atoms with Crippen molar-refractivity contribution >= 4 is 34.8 Å². The lowest BCUT2D eigenvalue weighted by atomic mass is 9.87. The van der Waals surface area contributed by atoms with Crippen molar-refractivity contribution in [3.8, 4) is 0 Å². The molecule has 3 aromatic carbocycles. The molecule has 0 bridgehead atoms. The molecule has 4 nitrogen and oxygen atoms in total. The van der Waals surface area contributed by atoms with Gasteiger partial charge in [0.15, 0.2) is 0 Å². The van der Waals surface area contributed by atoms with E-state index in [9.17, 15) is 9.59 Å². The third-order valence-electron chi connectivity index (χ3n) is 4.48. The molecule has 3 aromatic rings. The van der Waals surface area contributed by atoms with Crippen LogP contribution in [0.5, 0.6) is 0 Å². The Hall–Kier alpha value is -3.11. The summed E-state index contributed by atoms with van der Waals surface area (Å²) in [7, 11) is 0. The van der Waals surface area contributed by atoms with E-state index >= 15 is 0 Å². The summed E-state index contributed by atoms with van der Waals surface area (Å²) < 4.78 is 0. The van der Waals surface area contributed by atoms with E-state index in [4.69, 9.17) is 11.6 Å². The van der Waals surface area contributed by atoms with Crippen LogP contribution in [0.4, 0.5) is 11.4 Å². The number of amides is 2. The van der Waals surface area contributed by atoms with Gasteiger partial charge in [-0.3, -0.25) is 9.59 Å². The summed E-state index contributed by atoms with van der Waals surface area (Å²) in [6.45, 7) is 6.38. The van der Waals surface area contributed by atoms with Crippen LogP contribution in [0.1, 0.15) is 47.1 Å². The Morgan fingerprint density at radius 1 is 0.724 bits per heavy atom. The van der Waals surface area contributed by atoms with Crippen LogP contribution in [0.15, 0.2) is 72.8 Å². The van der Waals surface area contributed by atoms with Crippen molar-refractivity contribution in [3.05, 3.63) is 94.5 Å². The first-order valence-electron chi connectivity index (χ1n) is 9.31. The molecule has 0 heterocycles. The number of benzene rings is 3. The quantitative estimate of drug-likeness (QED) is 0.546. The fraction of sp³-hybridized carbons (Fsp3) is 0.167. The Kier molecular flexibility index (Phi) is 6.04. The lowest BCUT2D eigenvalue weighted by Crippen LogP contribution is -2.15. The van der Waals surface area contributed by atoms with Gasteiger partial charge in [0, 0.05) is 27.5 Å². The van der Waals surface area contributed by atoms with Crippen molar-refractivity contribution < 1.29 is 9.59 Å². The van der Waals surface area contributed by atoms with E-state index < -0.39 is 0 Å². The zero-order valence-electron chi connectivity index (χ0n) is 16.6. The minimum atomic E-state index is -0.280. The molecule has 29 heavy (non-hydrogen) atoms. The monoisotopic (exact) mass is 406 g/mol. The second kappa shape index (κ2) is 8.50. The Morgan fingerprint density at radius 3 is 1.86 bits per heavy atom. The first-order valence-corrected chi connectivity index (χ1v) is 9.69. The van der Waals surface area contributed by atoms with E-state index in [2.05, 4.69) is 31.4 Å². The summed E-state index contributed by atoms with van der Waals surface area (Å²) in [5.41, 5.74) is 3.34. The van der Waals surface area contributed by atoms with Crippen LogP contribution in [0.25, 0.3) is 0 Å². The highest BCUT2D eigenvalue weighted by atomic mass is 35.5. The Morgan fingerprint density at radius 2 is 1.28 bits per heavy atom. The zero-order valence-corrected chi connectivity index (χ0v) is 17.4. The van der Waals surface area contributed by atoms with Crippen LogP contribution in [0.3, 0.4) is 0 Å². The van der Waals surface area contributed by atoms with Gasteiger partial charge in [0.1, 0.15) is 0 Å². The maximum Gasteiger partial charge on any atom is 0.255 e. The average Bonchev–Trinajstić information content (AvgIpc) is 2.67. The molecule has 0 aliphatic heterocycles. The maximum absolute atomic E-state index is 12.6. The normalized spacial score (nSPS) is 11.0. The third-order valence-corrected chi connectivity index (χ3v) is 4.71. The third kappa shape index (κ3) is 5.46. The smallest absolute Gasteiger partial charge is 0.255 e. The lowest BCUT2D eigenvalue weighted by molar-refractivity contribution is 0.101. The summed E-state index contributed by atoms with van der Waals surface area (Å²) in [5.74, 6) is -0.504.